The summed E-state index contributed by atoms with van der Waals surface area (Å²) in [6.45, 7) is 7.26. The molecule has 1 aromatic heterocycles. The van der Waals surface area contributed by atoms with Gasteiger partial charge in [-0.15, -0.1) is 5.06 Å². The highest BCUT2D eigenvalue weighted by Crippen LogP contribution is 2.36. The van der Waals surface area contributed by atoms with Gasteiger partial charge in [-0.05, 0) is 27.7 Å². The lowest BCUT2D eigenvalue weighted by molar-refractivity contribution is -0.539. The third kappa shape index (κ3) is 1.30. The second kappa shape index (κ2) is 3.22. The molecule has 0 amide bonds. The number of aromatic nitrogens is 2. The van der Waals surface area contributed by atoms with Crippen molar-refractivity contribution in [2.24, 2.45) is 7.05 Å². The minimum Gasteiger partial charge on any atom is -0.714 e. The van der Waals surface area contributed by atoms with Gasteiger partial charge < -0.3 is 9.77 Å². The van der Waals surface area contributed by atoms with Crippen LogP contribution < -0.4 is 0 Å². The summed E-state index contributed by atoms with van der Waals surface area (Å²) in [6, 6.07) is 0. The van der Waals surface area contributed by atoms with Crippen molar-refractivity contribution in [3.63, 3.8) is 0 Å². The normalized spacial score (nSPS) is 22.4. The van der Waals surface area contributed by atoms with Crippen LogP contribution in [0.4, 0.5) is 0 Å². The first kappa shape index (κ1) is 11.9. The summed E-state index contributed by atoms with van der Waals surface area (Å²) in [5.74, 6) is 0.647. The molecule has 1 aliphatic rings. The maximum absolute atomic E-state index is 12.3. The van der Waals surface area contributed by atoms with Crippen molar-refractivity contribution >= 4 is 5.84 Å². The molecular weight excluding hydrogens is 220 g/mol. The molecule has 2 heterocycles. The Morgan fingerprint density at radius 3 is 2.29 bits per heavy atom. The molecular formula is C11H18N4O2. The van der Waals surface area contributed by atoms with Gasteiger partial charge >= 0.3 is 5.84 Å². The predicted molar refractivity (Wildman–Crippen MR) is 62.7 cm³/mol. The zero-order valence-electron chi connectivity index (χ0n) is 10.8. The number of nitrogens with zero attached hydrogens (tertiary/aromatic N) is 4. The molecule has 1 N–H and O–H groups in total. The summed E-state index contributed by atoms with van der Waals surface area (Å²) >= 11 is 0. The molecule has 0 fully saturated rings. The van der Waals surface area contributed by atoms with Crippen molar-refractivity contribution in [3.05, 3.63) is 23.4 Å². The summed E-state index contributed by atoms with van der Waals surface area (Å²) in [5, 5.41) is 23.6. The highest BCUT2D eigenvalue weighted by atomic mass is 16.5. The Morgan fingerprint density at radius 2 is 1.94 bits per heavy atom. The Labute approximate surface area is 100 Å². The zero-order chi connectivity index (χ0) is 13.0. The Bertz CT molecular complexity index is 487. The number of hydrogen-bond donors (Lipinski definition) is 1. The summed E-state index contributed by atoms with van der Waals surface area (Å²) in [5.41, 5.74) is -1.42. The molecule has 6 nitrogen and oxygen atoms in total. The molecule has 0 atom stereocenters. The third-order valence-corrected chi connectivity index (χ3v) is 3.95. The van der Waals surface area contributed by atoms with Gasteiger partial charge in [0.1, 0.15) is 5.54 Å². The van der Waals surface area contributed by atoms with Crippen LogP contribution in [0.1, 0.15) is 33.5 Å². The second-order valence-electron chi connectivity index (χ2n) is 5.41. The molecule has 0 spiro atoms. The van der Waals surface area contributed by atoms with E-state index in [2.05, 4.69) is 4.98 Å². The molecule has 0 unspecified atom stereocenters. The monoisotopic (exact) mass is 238 g/mol. The molecule has 0 aromatic carbocycles. The van der Waals surface area contributed by atoms with Crippen LogP contribution in [0.25, 0.3) is 0 Å². The molecule has 0 aliphatic carbocycles. The van der Waals surface area contributed by atoms with Crippen molar-refractivity contribution in [1.29, 1.82) is 0 Å². The van der Waals surface area contributed by atoms with Crippen LogP contribution >= 0.6 is 0 Å². The van der Waals surface area contributed by atoms with Gasteiger partial charge in [0, 0.05) is 19.4 Å². The minimum atomic E-state index is -0.733. The van der Waals surface area contributed by atoms with Crippen molar-refractivity contribution < 1.29 is 9.95 Å². The van der Waals surface area contributed by atoms with Crippen LogP contribution in [0.2, 0.25) is 0 Å². The molecule has 2 rings (SSSR count). The molecule has 0 radical (unpaired) electrons. The van der Waals surface area contributed by atoms with E-state index >= 15 is 0 Å². The fourth-order valence-corrected chi connectivity index (χ4v) is 1.89. The van der Waals surface area contributed by atoms with Crippen LogP contribution in [-0.4, -0.2) is 41.5 Å². The van der Waals surface area contributed by atoms with Crippen LogP contribution in [0.15, 0.2) is 12.4 Å². The average molecular weight is 238 g/mol. The maximum Gasteiger partial charge on any atom is 0.350 e. The molecule has 1 aliphatic heterocycles. The highest BCUT2D eigenvalue weighted by molar-refractivity contribution is 5.92. The SMILES string of the molecule is Cn1ccnc1C1=[N+]([O-])C(C)(C)C(C)(C)N1O. The molecule has 6 heteroatoms. The van der Waals surface area contributed by atoms with E-state index in [1.54, 1.807) is 37.9 Å². The van der Waals surface area contributed by atoms with Gasteiger partial charge in [-0.2, -0.15) is 0 Å². The Hall–Kier alpha value is -1.56. The Morgan fingerprint density at radius 1 is 1.35 bits per heavy atom. The molecule has 0 saturated heterocycles. The molecule has 0 saturated carbocycles. The van der Waals surface area contributed by atoms with E-state index in [0.717, 1.165) is 9.80 Å². The summed E-state index contributed by atoms with van der Waals surface area (Å²) in [4.78, 5) is 4.11. The van der Waals surface area contributed by atoms with Crippen molar-refractivity contribution in [3.8, 4) is 0 Å². The smallest absolute Gasteiger partial charge is 0.350 e. The van der Waals surface area contributed by atoms with E-state index in [1.165, 1.54) is 0 Å². The fraction of sp³-hybridized carbons (Fsp3) is 0.636. The van der Waals surface area contributed by atoms with Crippen LogP contribution in [0.3, 0.4) is 0 Å². The van der Waals surface area contributed by atoms with Gasteiger partial charge in [-0.1, -0.05) is 0 Å². The number of rotatable bonds is 1. The second-order valence-corrected chi connectivity index (χ2v) is 5.41. The molecule has 0 bridgehead atoms. The third-order valence-electron chi connectivity index (χ3n) is 3.95. The average Bonchev–Trinajstić information content (AvgIpc) is 2.68. The van der Waals surface area contributed by atoms with E-state index < -0.39 is 11.1 Å². The van der Waals surface area contributed by atoms with Gasteiger partial charge in [0.05, 0.1) is 0 Å². The largest absolute Gasteiger partial charge is 0.714 e. The topological polar surface area (TPSA) is 67.4 Å². The number of hydrogen-bond acceptors (Lipinski definition) is 4. The first-order valence-electron chi connectivity index (χ1n) is 5.52. The lowest BCUT2D eigenvalue weighted by Crippen LogP contribution is -2.53. The quantitative estimate of drug-likeness (QED) is 0.584. The van der Waals surface area contributed by atoms with Crippen molar-refractivity contribution in [1.82, 2.24) is 14.6 Å². The summed E-state index contributed by atoms with van der Waals surface area (Å²) < 4.78 is 2.54. The van der Waals surface area contributed by atoms with E-state index in [9.17, 15) is 10.4 Å². The van der Waals surface area contributed by atoms with E-state index in [0.29, 0.717) is 5.82 Å². The number of hydroxylamine groups is 3. The van der Waals surface area contributed by atoms with Gasteiger partial charge in [0.2, 0.25) is 5.82 Å². The lowest BCUT2D eigenvalue weighted by atomic mass is 9.84. The van der Waals surface area contributed by atoms with Crippen molar-refractivity contribution in [2.45, 2.75) is 38.8 Å². The van der Waals surface area contributed by atoms with Gasteiger partial charge in [0.25, 0.3) is 0 Å². The number of imidazole rings is 1. The summed E-state index contributed by atoms with van der Waals surface area (Å²) in [7, 11) is 1.79. The van der Waals surface area contributed by atoms with Gasteiger partial charge in [0.15, 0.2) is 5.54 Å². The first-order chi connectivity index (χ1) is 7.71. The van der Waals surface area contributed by atoms with E-state index in [1.807, 2.05) is 13.8 Å². The van der Waals surface area contributed by atoms with Crippen molar-refractivity contribution in [2.75, 3.05) is 0 Å². The number of amidine groups is 1. The minimum absolute atomic E-state index is 0.188. The Balaban J connectivity index is 2.63. The van der Waals surface area contributed by atoms with Crippen LogP contribution in [0, 0.1) is 5.21 Å². The zero-order valence-corrected chi connectivity index (χ0v) is 10.8. The summed E-state index contributed by atoms with van der Waals surface area (Å²) in [6.07, 6.45) is 3.34. The fourth-order valence-electron chi connectivity index (χ4n) is 1.89. The Kier molecular flexibility index (Phi) is 2.26. The van der Waals surface area contributed by atoms with E-state index in [-0.39, 0.29) is 5.84 Å². The molecule has 1 aromatic rings. The van der Waals surface area contributed by atoms with Crippen LogP contribution in [0.5, 0.6) is 0 Å². The number of aryl methyl sites for hydroxylation is 1. The standard InChI is InChI=1S/C11H18N4O2/c1-10(2)11(3,4)15(17)9(14(10)16)8-12-6-7-13(8)5/h6-7,16H,1-5H3. The lowest BCUT2D eigenvalue weighted by Gasteiger charge is -2.33. The predicted octanol–water partition coefficient (Wildman–Crippen LogP) is 0.939. The first-order valence-corrected chi connectivity index (χ1v) is 5.52. The highest BCUT2D eigenvalue weighted by Gasteiger charge is 2.59. The maximum atomic E-state index is 12.3. The molecule has 94 valence electrons. The van der Waals surface area contributed by atoms with E-state index in [4.69, 9.17) is 0 Å². The van der Waals surface area contributed by atoms with Gasteiger partial charge in [-0.25, -0.2) is 10.2 Å². The van der Waals surface area contributed by atoms with Crippen LogP contribution in [-0.2, 0) is 7.05 Å². The van der Waals surface area contributed by atoms with Gasteiger partial charge in [-0.3, -0.25) is 4.74 Å². The molecule has 17 heavy (non-hydrogen) atoms.